The zero-order valence-electron chi connectivity index (χ0n) is 15.4. The number of nitrogens with one attached hydrogen (secondary N) is 3. The molecule has 7 nitrogen and oxygen atoms in total. The van der Waals surface area contributed by atoms with Gasteiger partial charge in [-0.2, -0.15) is 5.26 Å². The Morgan fingerprint density at radius 1 is 1.07 bits per heavy atom. The van der Waals surface area contributed by atoms with Crippen LogP contribution >= 0.6 is 0 Å². The zero-order chi connectivity index (χ0) is 19.5. The number of pyridine rings is 1. The van der Waals surface area contributed by atoms with Crippen molar-refractivity contribution in [2.45, 2.75) is 31.7 Å². The average Bonchev–Trinajstić information content (AvgIpc) is 3.42. The SMILES string of the molecule is N#Cc1cc(-c2ccnc(NC(=O)C3CC3)c2)ccc1NC(=O)[C@H]1CCCN1. The second kappa shape index (κ2) is 7.79. The summed E-state index contributed by atoms with van der Waals surface area (Å²) in [6.45, 7) is 0.837. The van der Waals surface area contributed by atoms with Crippen molar-refractivity contribution < 1.29 is 9.59 Å². The monoisotopic (exact) mass is 375 g/mol. The summed E-state index contributed by atoms with van der Waals surface area (Å²) in [5.41, 5.74) is 2.55. The van der Waals surface area contributed by atoms with E-state index in [2.05, 4.69) is 27.0 Å². The number of carbonyl (C=O) groups is 2. The van der Waals surface area contributed by atoms with Gasteiger partial charge in [-0.3, -0.25) is 9.59 Å². The summed E-state index contributed by atoms with van der Waals surface area (Å²) >= 11 is 0. The number of nitriles is 1. The van der Waals surface area contributed by atoms with Crippen molar-refractivity contribution in [3.05, 3.63) is 42.1 Å². The molecule has 1 aliphatic heterocycles. The Morgan fingerprint density at radius 2 is 1.89 bits per heavy atom. The summed E-state index contributed by atoms with van der Waals surface area (Å²) in [7, 11) is 0. The lowest BCUT2D eigenvalue weighted by atomic mass is 10.0. The predicted molar refractivity (Wildman–Crippen MR) is 105 cm³/mol. The van der Waals surface area contributed by atoms with Gasteiger partial charge < -0.3 is 16.0 Å². The lowest BCUT2D eigenvalue weighted by Gasteiger charge is -2.13. The van der Waals surface area contributed by atoms with Crippen molar-refractivity contribution >= 4 is 23.3 Å². The highest BCUT2D eigenvalue weighted by Crippen LogP contribution is 2.31. The number of carbonyl (C=O) groups excluding carboxylic acids is 2. The zero-order valence-corrected chi connectivity index (χ0v) is 15.4. The quantitative estimate of drug-likeness (QED) is 0.745. The normalized spacial score (nSPS) is 18.3. The fraction of sp³-hybridized carbons (Fsp3) is 0.333. The maximum atomic E-state index is 12.3. The molecule has 2 aliphatic rings. The van der Waals surface area contributed by atoms with Gasteiger partial charge in [0.1, 0.15) is 11.9 Å². The smallest absolute Gasteiger partial charge is 0.241 e. The molecule has 1 aromatic carbocycles. The van der Waals surface area contributed by atoms with Crippen LogP contribution in [0.5, 0.6) is 0 Å². The van der Waals surface area contributed by atoms with Crippen LogP contribution in [0.1, 0.15) is 31.2 Å². The lowest BCUT2D eigenvalue weighted by molar-refractivity contribution is -0.118. The highest BCUT2D eigenvalue weighted by atomic mass is 16.2. The first-order valence-electron chi connectivity index (χ1n) is 9.50. The van der Waals surface area contributed by atoms with Gasteiger partial charge in [0.2, 0.25) is 11.8 Å². The molecule has 1 saturated heterocycles. The van der Waals surface area contributed by atoms with Gasteiger partial charge in [0.25, 0.3) is 0 Å². The largest absolute Gasteiger partial charge is 0.324 e. The first-order valence-corrected chi connectivity index (χ1v) is 9.50. The molecule has 1 saturated carbocycles. The van der Waals surface area contributed by atoms with Crippen molar-refractivity contribution in [3.8, 4) is 17.2 Å². The predicted octanol–water partition coefficient (Wildman–Crippen LogP) is 2.66. The first-order chi connectivity index (χ1) is 13.6. The molecule has 0 bridgehead atoms. The molecule has 1 aromatic heterocycles. The Kier molecular flexibility index (Phi) is 5.04. The van der Waals surface area contributed by atoms with Crippen LogP contribution in [0.25, 0.3) is 11.1 Å². The van der Waals surface area contributed by atoms with Crippen molar-refractivity contribution in [1.82, 2.24) is 10.3 Å². The summed E-state index contributed by atoms with van der Waals surface area (Å²) in [4.78, 5) is 28.5. The summed E-state index contributed by atoms with van der Waals surface area (Å²) in [5.74, 6) is 0.488. The van der Waals surface area contributed by atoms with Gasteiger partial charge in [0, 0.05) is 12.1 Å². The minimum absolute atomic E-state index is 0.000876. The molecule has 28 heavy (non-hydrogen) atoms. The number of amides is 2. The van der Waals surface area contributed by atoms with Crippen LogP contribution in [-0.2, 0) is 9.59 Å². The van der Waals surface area contributed by atoms with Crippen LogP contribution < -0.4 is 16.0 Å². The van der Waals surface area contributed by atoms with Crippen LogP contribution in [0.15, 0.2) is 36.5 Å². The Hall–Kier alpha value is -3.24. The van der Waals surface area contributed by atoms with E-state index in [1.807, 2.05) is 12.1 Å². The average molecular weight is 375 g/mol. The van der Waals surface area contributed by atoms with Gasteiger partial charge in [0.05, 0.1) is 17.3 Å². The Morgan fingerprint density at radius 3 is 2.61 bits per heavy atom. The molecular formula is C21H21N5O2. The van der Waals surface area contributed by atoms with E-state index in [1.54, 1.807) is 24.4 Å². The standard InChI is InChI=1S/C21H21N5O2/c22-12-16-10-14(5-6-17(16)25-21(28)18-2-1-8-23-18)15-7-9-24-19(11-15)26-20(27)13-3-4-13/h5-7,9-11,13,18,23H,1-4,8H2,(H,25,28)(H,24,26,27)/t18-/m1/s1. The molecule has 1 atom stereocenters. The molecule has 142 valence electrons. The molecular weight excluding hydrogens is 354 g/mol. The molecule has 0 radical (unpaired) electrons. The summed E-state index contributed by atoms with van der Waals surface area (Å²) in [6.07, 6.45) is 5.27. The highest BCUT2D eigenvalue weighted by Gasteiger charge is 2.29. The Balaban J connectivity index is 1.53. The minimum atomic E-state index is -0.205. The molecule has 4 rings (SSSR count). The molecule has 1 aliphatic carbocycles. The van der Waals surface area contributed by atoms with Crippen LogP contribution in [0.4, 0.5) is 11.5 Å². The maximum absolute atomic E-state index is 12.3. The molecule has 2 aromatic rings. The fourth-order valence-corrected chi connectivity index (χ4v) is 3.31. The fourth-order valence-electron chi connectivity index (χ4n) is 3.31. The third-order valence-electron chi connectivity index (χ3n) is 5.07. The minimum Gasteiger partial charge on any atom is -0.324 e. The summed E-state index contributed by atoms with van der Waals surface area (Å²) < 4.78 is 0. The molecule has 2 heterocycles. The number of rotatable bonds is 5. The van der Waals surface area contributed by atoms with Crippen LogP contribution in [0.3, 0.4) is 0 Å². The number of aromatic nitrogens is 1. The first kappa shape index (κ1) is 18.1. The topological polar surface area (TPSA) is 107 Å². The van der Waals surface area contributed by atoms with Crippen molar-refractivity contribution in [1.29, 1.82) is 5.26 Å². The van der Waals surface area contributed by atoms with Crippen LogP contribution in [0, 0.1) is 17.2 Å². The molecule has 2 fully saturated rings. The summed E-state index contributed by atoms with van der Waals surface area (Å²) in [6, 6.07) is 10.9. The van der Waals surface area contributed by atoms with E-state index >= 15 is 0 Å². The Bertz CT molecular complexity index is 956. The number of hydrogen-bond donors (Lipinski definition) is 3. The second-order valence-corrected chi connectivity index (χ2v) is 7.20. The van der Waals surface area contributed by atoms with E-state index in [0.29, 0.717) is 17.1 Å². The van der Waals surface area contributed by atoms with Gasteiger partial charge in [0.15, 0.2) is 0 Å². The van der Waals surface area contributed by atoms with Gasteiger partial charge in [-0.25, -0.2) is 4.98 Å². The van der Waals surface area contributed by atoms with E-state index < -0.39 is 0 Å². The molecule has 3 N–H and O–H groups in total. The van der Waals surface area contributed by atoms with Crippen LogP contribution in [-0.4, -0.2) is 29.4 Å². The number of nitrogens with zero attached hydrogens (tertiary/aromatic N) is 2. The third-order valence-corrected chi connectivity index (χ3v) is 5.07. The van der Waals surface area contributed by atoms with E-state index in [-0.39, 0.29) is 23.8 Å². The number of anilines is 2. The number of benzene rings is 1. The van der Waals surface area contributed by atoms with Crippen LogP contribution in [0.2, 0.25) is 0 Å². The van der Waals surface area contributed by atoms with Gasteiger partial charge >= 0.3 is 0 Å². The summed E-state index contributed by atoms with van der Waals surface area (Å²) in [5, 5.41) is 18.4. The van der Waals surface area contributed by atoms with Gasteiger partial charge in [-0.05, 0) is 67.6 Å². The maximum Gasteiger partial charge on any atom is 0.241 e. The number of hydrogen-bond acceptors (Lipinski definition) is 5. The molecule has 7 heteroatoms. The van der Waals surface area contributed by atoms with E-state index in [4.69, 9.17) is 0 Å². The van der Waals surface area contributed by atoms with Crippen molar-refractivity contribution in [3.63, 3.8) is 0 Å². The van der Waals surface area contributed by atoms with Crippen molar-refractivity contribution in [2.75, 3.05) is 17.2 Å². The molecule has 0 unspecified atom stereocenters. The van der Waals surface area contributed by atoms with E-state index in [9.17, 15) is 14.9 Å². The van der Waals surface area contributed by atoms with Gasteiger partial charge in [-0.1, -0.05) is 6.07 Å². The molecule has 2 amide bonds. The van der Waals surface area contributed by atoms with E-state index in [1.165, 1.54) is 0 Å². The highest BCUT2D eigenvalue weighted by molar-refractivity contribution is 5.96. The van der Waals surface area contributed by atoms with E-state index in [0.717, 1.165) is 43.4 Å². The van der Waals surface area contributed by atoms with Gasteiger partial charge in [-0.15, -0.1) is 0 Å². The lowest BCUT2D eigenvalue weighted by Crippen LogP contribution is -2.35. The molecule has 0 spiro atoms. The third kappa shape index (κ3) is 4.02. The Labute approximate surface area is 163 Å². The van der Waals surface area contributed by atoms with Crippen molar-refractivity contribution in [2.24, 2.45) is 5.92 Å². The second-order valence-electron chi connectivity index (χ2n) is 7.20.